The van der Waals surface area contributed by atoms with E-state index in [0.29, 0.717) is 0 Å². The molecule has 0 radical (unpaired) electrons. The van der Waals surface area contributed by atoms with Crippen LogP contribution in [0.3, 0.4) is 0 Å². The van der Waals surface area contributed by atoms with E-state index < -0.39 is 45.2 Å². The fourth-order valence-corrected chi connectivity index (χ4v) is 3.70. The number of aromatic nitrogens is 1. The zero-order chi connectivity index (χ0) is 19.5. The minimum absolute atomic E-state index is 0.00169. The van der Waals surface area contributed by atoms with Gasteiger partial charge in [-0.2, -0.15) is 18.0 Å². The molecule has 26 heavy (non-hydrogen) atoms. The lowest BCUT2D eigenvalue weighted by Crippen LogP contribution is -2.53. The van der Waals surface area contributed by atoms with E-state index in [4.69, 9.17) is 5.26 Å². The third-order valence-electron chi connectivity index (χ3n) is 3.78. The van der Waals surface area contributed by atoms with Gasteiger partial charge in [-0.1, -0.05) is 6.92 Å². The lowest BCUT2D eigenvalue weighted by Gasteiger charge is -2.34. The van der Waals surface area contributed by atoms with Crippen molar-refractivity contribution in [3.05, 3.63) is 22.9 Å². The van der Waals surface area contributed by atoms with Crippen molar-refractivity contribution in [3.63, 3.8) is 0 Å². The van der Waals surface area contributed by atoms with Crippen LogP contribution in [0.15, 0.2) is 6.07 Å². The molecular weight excluding hydrogens is 372 g/mol. The first-order valence-electron chi connectivity index (χ1n) is 7.67. The maximum absolute atomic E-state index is 13.2. The number of piperazine rings is 1. The third kappa shape index (κ3) is 4.06. The summed E-state index contributed by atoms with van der Waals surface area (Å²) in [6, 6.07) is 2.45. The van der Waals surface area contributed by atoms with Crippen LogP contribution < -0.4 is 4.72 Å². The molecule has 142 valence electrons. The maximum atomic E-state index is 13.2. The van der Waals surface area contributed by atoms with E-state index in [1.165, 1.54) is 4.90 Å². The average Bonchev–Trinajstić information content (AvgIpc) is 2.61. The van der Waals surface area contributed by atoms with Crippen LogP contribution in [0.4, 0.5) is 8.78 Å². The monoisotopic (exact) mass is 389 g/mol. The number of pyridine rings is 1. The molecule has 2 rings (SSSR count). The summed E-state index contributed by atoms with van der Waals surface area (Å²) in [6.07, 6.45) is -3.12. The Balaban J connectivity index is 2.22. The molecule has 1 saturated heterocycles. The molecule has 0 unspecified atom stereocenters. The van der Waals surface area contributed by atoms with Crippen molar-refractivity contribution in [3.8, 4) is 11.9 Å². The second-order valence-electron chi connectivity index (χ2n) is 5.40. The first kappa shape index (κ1) is 20.0. The largest absolute Gasteiger partial charge is 0.492 e. The molecule has 1 aromatic heterocycles. The molecule has 1 amide bonds. The van der Waals surface area contributed by atoms with Crippen LogP contribution in [-0.4, -0.2) is 66.3 Å². The van der Waals surface area contributed by atoms with Crippen molar-refractivity contribution >= 4 is 16.1 Å². The predicted octanol–water partition coefficient (Wildman–Crippen LogP) is 0.209. The highest BCUT2D eigenvalue weighted by Crippen LogP contribution is 2.27. The molecule has 0 bridgehead atoms. The minimum atomic E-state index is -3.65. The average molecular weight is 389 g/mol. The van der Waals surface area contributed by atoms with E-state index in [-0.39, 0.29) is 32.7 Å². The number of amides is 1. The number of nitriles is 1. The Morgan fingerprint density at radius 1 is 1.42 bits per heavy atom. The summed E-state index contributed by atoms with van der Waals surface area (Å²) >= 11 is 0. The fraction of sp³-hybridized carbons (Fsp3) is 0.500. The molecule has 9 nitrogen and oxygen atoms in total. The molecule has 0 saturated carbocycles. The highest BCUT2D eigenvalue weighted by Gasteiger charge is 2.31. The Labute approximate surface area is 149 Å². The SMILES string of the molecule is CCNS(=O)(=O)N1CCN(C(=O)c2cc(C#N)c(O)nc2C(F)F)CC1. The fourth-order valence-electron chi connectivity index (χ4n) is 2.51. The lowest BCUT2D eigenvalue weighted by molar-refractivity contribution is 0.0683. The van der Waals surface area contributed by atoms with E-state index in [1.807, 2.05) is 0 Å². The summed E-state index contributed by atoms with van der Waals surface area (Å²) in [4.78, 5) is 17.0. The van der Waals surface area contributed by atoms with Crippen molar-refractivity contribution in [1.29, 1.82) is 5.26 Å². The number of nitrogens with zero attached hydrogens (tertiary/aromatic N) is 4. The minimum Gasteiger partial charge on any atom is -0.492 e. The highest BCUT2D eigenvalue weighted by molar-refractivity contribution is 7.87. The maximum Gasteiger partial charge on any atom is 0.281 e. The van der Waals surface area contributed by atoms with Crippen molar-refractivity contribution < 1.29 is 27.1 Å². The van der Waals surface area contributed by atoms with Gasteiger partial charge in [0.1, 0.15) is 17.3 Å². The Kier molecular flexibility index (Phi) is 6.06. The van der Waals surface area contributed by atoms with Gasteiger partial charge in [0.15, 0.2) is 0 Å². The Bertz CT molecular complexity index is 832. The van der Waals surface area contributed by atoms with Crippen molar-refractivity contribution in [2.45, 2.75) is 13.3 Å². The van der Waals surface area contributed by atoms with E-state index in [2.05, 4.69) is 9.71 Å². The van der Waals surface area contributed by atoms with Crippen molar-refractivity contribution in [1.82, 2.24) is 18.9 Å². The summed E-state index contributed by atoms with van der Waals surface area (Å²) in [5, 5.41) is 18.4. The lowest BCUT2D eigenvalue weighted by atomic mass is 10.1. The standard InChI is InChI=1S/C14H17F2N5O4S/c1-2-18-26(24,25)21-5-3-20(4-6-21)14(23)10-7-9(8-17)13(22)19-11(10)12(15)16/h7,12,18H,2-6H2,1H3,(H,19,22). The van der Waals surface area contributed by atoms with Gasteiger partial charge >= 0.3 is 0 Å². The number of hydrogen-bond donors (Lipinski definition) is 2. The number of aromatic hydroxyl groups is 1. The number of nitrogens with one attached hydrogen (secondary N) is 1. The second-order valence-corrected chi connectivity index (χ2v) is 7.15. The van der Waals surface area contributed by atoms with Crippen LogP contribution >= 0.6 is 0 Å². The Morgan fingerprint density at radius 2 is 2.04 bits per heavy atom. The number of alkyl halides is 2. The van der Waals surface area contributed by atoms with Crippen LogP contribution in [0.1, 0.15) is 35.0 Å². The van der Waals surface area contributed by atoms with E-state index in [9.17, 15) is 27.1 Å². The topological polar surface area (TPSA) is 127 Å². The second kappa shape index (κ2) is 7.90. The predicted molar refractivity (Wildman–Crippen MR) is 85.6 cm³/mol. The summed E-state index contributed by atoms with van der Waals surface area (Å²) < 4.78 is 53.7. The quantitative estimate of drug-likeness (QED) is 0.741. The van der Waals surface area contributed by atoms with Crippen molar-refractivity contribution in [2.24, 2.45) is 0 Å². The van der Waals surface area contributed by atoms with Crippen LogP contribution in [-0.2, 0) is 10.2 Å². The number of rotatable bonds is 5. The van der Waals surface area contributed by atoms with Gasteiger partial charge in [-0.25, -0.2) is 18.5 Å². The summed E-state index contributed by atoms with van der Waals surface area (Å²) in [5.41, 5.74) is -1.81. The first-order chi connectivity index (χ1) is 12.2. The summed E-state index contributed by atoms with van der Waals surface area (Å²) in [7, 11) is -3.65. The van der Waals surface area contributed by atoms with Gasteiger partial charge in [-0.15, -0.1) is 0 Å². The molecule has 12 heteroatoms. The first-order valence-corrected chi connectivity index (χ1v) is 9.11. The zero-order valence-electron chi connectivity index (χ0n) is 13.8. The molecule has 0 spiro atoms. The molecule has 1 aromatic rings. The zero-order valence-corrected chi connectivity index (χ0v) is 14.6. The summed E-state index contributed by atoms with van der Waals surface area (Å²) in [5.74, 6) is -1.68. The smallest absolute Gasteiger partial charge is 0.281 e. The molecule has 2 heterocycles. The van der Waals surface area contributed by atoms with Crippen LogP contribution in [0.25, 0.3) is 0 Å². The highest BCUT2D eigenvalue weighted by atomic mass is 32.2. The third-order valence-corrected chi connectivity index (χ3v) is 5.48. The number of carbonyl (C=O) groups is 1. The van der Waals surface area contributed by atoms with Crippen LogP contribution in [0, 0.1) is 11.3 Å². The van der Waals surface area contributed by atoms with Gasteiger partial charge < -0.3 is 10.0 Å². The van der Waals surface area contributed by atoms with E-state index in [1.54, 1.807) is 13.0 Å². The molecule has 1 fully saturated rings. The molecule has 1 aliphatic heterocycles. The van der Waals surface area contributed by atoms with Crippen LogP contribution in [0.5, 0.6) is 5.88 Å². The number of carbonyl (C=O) groups excluding carboxylic acids is 1. The van der Waals surface area contributed by atoms with Crippen molar-refractivity contribution in [2.75, 3.05) is 32.7 Å². The normalized spacial score (nSPS) is 15.9. The molecule has 0 aromatic carbocycles. The van der Waals surface area contributed by atoms with Gasteiger partial charge in [0.25, 0.3) is 22.5 Å². The molecule has 0 aliphatic carbocycles. The van der Waals surface area contributed by atoms with Crippen LogP contribution in [0.2, 0.25) is 0 Å². The number of hydrogen-bond acceptors (Lipinski definition) is 6. The molecule has 2 N–H and O–H groups in total. The summed E-state index contributed by atoms with van der Waals surface area (Å²) in [6.45, 7) is 1.84. The van der Waals surface area contributed by atoms with Gasteiger partial charge in [0.05, 0.1) is 5.56 Å². The number of halogens is 2. The Hall–Kier alpha value is -2.36. The molecule has 1 aliphatic rings. The Morgan fingerprint density at radius 3 is 2.54 bits per heavy atom. The van der Waals surface area contributed by atoms with Gasteiger partial charge in [-0.05, 0) is 6.07 Å². The van der Waals surface area contributed by atoms with E-state index >= 15 is 0 Å². The van der Waals surface area contributed by atoms with Gasteiger partial charge in [0, 0.05) is 32.7 Å². The van der Waals surface area contributed by atoms with Gasteiger partial charge in [-0.3, -0.25) is 4.79 Å². The molecule has 0 atom stereocenters. The molecular formula is C14H17F2N5O4S. The van der Waals surface area contributed by atoms with Gasteiger partial charge in [0.2, 0.25) is 5.88 Å². The van der Waals surface area contributed by atoms with E-state index in [0.717, 1.165) is 10.4 Å².